The first-order chi connectivity index (χ1) is 6.39. The first kappa shape index (κ1) is 10.4. The number of nitrogens with zero attached hydrogens (tertiary/aromatic N) is 1. The number of likely N-dealkylation sites (tertiary alicyclic amines) is 1. The van der Waals surface area contributed by atoms with E-state index in [9.17, 15) is 13.5 Å². The van der Waals surface area contributed by atoms with Crippen molar-refractivity contribution in [3.05, 3.63) is 0 Å². The summed E-state index contributed by atoms with van der Waals surface area (Å²) in [6.07, 6.45) is -0.239. The quantitative estimate of drug-likeness (QED) is 0.653. The highest BCUT2D eigenvalue weighted by Gasteiger charge is 2.61. The van der Waals surface area contributed by atoms with Crippen LogP contribution >= 0.6 is 0 Å². The molecule has 2 fully saturated rings. The van der Waals surface area contributed by atoms with Crippen molar-refractivity contribution >= 4 is 9.84 Å². The van der Waals surface area contributed by atoms with Gasteiger partial charge in [-0.05, 0) is 20.3 Å². The monoisotopic (exact) mass is 219 g/mol. The van der Waals surface area contributed by atoms with E-state index in [0.717, 1.165) is 0 Å². The Labute approximate surface area is 84.8 Å². The van der Waals surface area contributed by atoms with Gasteiger partial charge in [-0.2, -0.15) is 0 Å². The topological polar surface area (TPSA) is 57.6 Å². The Balaban J connectivity index is 2.19. The highest BCUT2D eigenvalue weighted by atomic mass is 32.2. The van der Waals surface area contributed by atoms with Gasteiger partial charge in [-0.3, -0.25) is 4.90 Å². The van der Waals surface area contributed by atoms with Crippen molar-refractivity contribution < 1.29 is 13.5 Å². The van der Waals surface area contributed by atoms with Crippen LogP contribution in [0.1, 0.15) is 20.3 Å². The zero-order valence-electron chi connectivity index (χ0n) is 8.60. The third-order valence-corrected chi connectivity index (χ3v) is 6.10. The molecule has 0 aromatic rings. The fraction of sp³-hybridized carbons (Fsp3) is 1.00. The molecule has 2 aliphatic heterocycles. The van der Waals surface area contributed by atoms with Crippen molar-refractivity contribution in [2.75, 3.05) is 18.8 Å². The Bertz CT molecular complexity index is 330. The van der Waals surface area contributed by atoms with Gasteiger partial charge in [-0.25, -0.2) is 8.42 Å². The molecule has 0 amide bonds. The van der Waals surface area contributed by atoms with Crippen LogP contribution in [0.2, 0.25) is 0 Å². The van der Waals surface area contributed by atoms with E-state index in [4.69, 9.17) is 0 Å². The lowest BCUT2D eigenvalue weighted by atomic mass is 9.90. The predicted molar refractivity (Wildman–Crippen MR) is 53.9 cm³/mol. The minimum absolute atomic E-state index is 0.153. The number of aliphatic hydroxyl groups excluding tert-OH is 1. The van der Waals surface area contributed by atoms with Crippen molar-refractivity contribution in [3.63, 3.8) is 0 Å². The molecule has 1 atom stereocenters. The molecule has 0 radical (unpaired) electrons. The van der Waals surface area contributed by atoms with Gasteiger partial charge in [0.05, 0.1) is 11.9 Å². The Hall–Kier alpha value is -0.130. The number of rotatable bonds is 1. The smallest absolute Gasteiger partial charge is 0.161 e. The van der Waals surface area contributed by atoms with Crippen molar-refractivity contribution in [2.45, 2.75) is 37.2 Å². The lowest BCUT2D eigenvalue weighted by Crippen LogP contribution is -2.69. The lowest BCUT2D eigenvalue weighted by Gasteiger charge is -2.50. The van der Waals surface area contributed by atoms with E-state index >= 15 is 0 Å². The largest absolute Gasteiger partial charge is 0.391 e. The number of hydrogen-bond donors (Lipinski definition) is 1. The molecule has 2 rings (SSSR count). The van der Waals surface area contributed by atoms with Crippen LogP contribution in [0.5, 0.6) is 0 Å². The van der Waals surface area contributed by atoms with Crippen molar-refractivity contribution in [1.29, 1.82) is 0 Å². The average molecular weight is 219 g/mol. The van der Waals surface area contributed by atoms with Gasteiger partial charge in [0.15, 0.2) is 9.84 Å². The highest BCUT2D eigenvalue weighted by Crippen LogP contribution is 2.41. The minimum Gasteiger partial charge on any atom is -0.391 e. The molecule has 4 nitrogen and oxygen atoms in total. The first-order valence-corrected chi connectivity index (χ1v) is 6.69. The van der Waals surface area contributed by atoms with Crippen molar-refractivity contribution in [1.82, 2.24) is 4.90 Å². The van der Waals surface area contributed by atoms with E-state index in [1.54, 1.807) is 0 Å². The molecule has 1 unspecified atom stereocenters. The molecule has 0 aromatic carbocycles. The Morgan fingerprint density at radius 2 is 2.00 bits per heavy atom. The van der Waals surface area contributed by atoms with Crippen LogP contribution in [0, 0.1) is 0 Å². The van der Waals surface area contributed by atoms with Gasteiger partial charge in [0.2, 0.25) is 0 Å². The summed E-state index contributed by atoms with van der Waals surface area (Å²) in [5.74, 6) is 0.153. The summed E-state index contributed by atoms with van der Waals surface area (Å²) in [5, 5.41) is 9.73. The minimum atomic E-state index is -3.06. The van der Waals surface area contributed by atoms with Gasteiger partial charge in [-0.15, -0.1) is 0 Å². The van der Waals surface area contributed by atoms with Crippen molar-refractivity contribution in [2.24, 2.45) is 0 Å². The molecule has 5 heteroatoms. The average Bonchev–Trinajstić information content (AvgIpc) is 2.19. The highest BCUT2D eigenvalue weighted by molar-refractivity contribution is 7.93. The molecule has 14 heavy (non-hydrogen) atoms. The Kier molecular flexibility index (Phi) is 2.18. The van der Waals surface area contributed by atoms with Crippen LogP contribution in [0.3, 0.4) is 0 Å². The van der Waals surface area contributed by atoms with Gasteiger partial charge in [0.25, 0.3) is 0 Å². The van der Waals surface area contributed by atoms with E-state index in [1.807, 2.05) is 13.8 Å². The fourth-order valence-electron chi connectivity index (χ4n) is 2.35. The van der Waals surface area contributed by atoms with E-state index in [1.165, 1.54) is 0 Å². The number of hydrogen-bond acceptors (Lipinski definition) is 4. The fourth-order valence-corrected chi connectivity index (χ4v) is 4.55. The normalized spacial score (nSPS) is 35.0. The first-order valence-electron chi connectivity index (χ1n) is 5.03. The molecule has 2 saturated heterocycles. The van der Waals surface area contributed by atoms with E-state index < -0.39 is 20.7 Å². The standard InChI is InChI=1S/C9H17NO3S/c1-7(2)10-5-9(6-10)8(11)3-4-14(9,12)13/h7-8,11H,3-6H2,1-2H3. The third-order valence-electron chi connectivity index (χ3n) is 3.56. The lowest BCUT2D eigenvalue weighted by molar-refractivity contribution is 0.00722. The van der Waals surface area contributed by atoms with Gasteiger partial charge >= 0.3 is 0 Å². The Morgan fingerprint density at radius 1 is 1.43 bits per heavy atom. The molecule has 2 aliphatic rings. The number of aliphatic hydroxyl groups is 1. The maximum Gasteiger partial charge on any atom is 0.161 e. The maximum atomic E-state index is 11.8. The van der Waals surface area contributed by atoms with Crippen LogP contribution in [0.15, 0.2) is 0 Å². The van der Waals surface area contributed by atoms with Crippen molar-refractivity contribution in [3.8, 4) is 0 Å². The zero-order chi connectivity index (χ0) is 10.6. The van der Waals surface area contributed by atoms with Crippen LogP contribution < -0.4 is 0 Å². The summed E-state index contributed by atoms with van der Waals surface area (Å²) < 4.78 is 22.7. The predicted octanol–water partition coefficient (Wildman–Crippen LogP) is -0.371. The molecule has 0 saturated carbocycles. The summed E-state index contributed by atoms with van der Waals surface area (Å²) in [4.78, 5) is 2.09. The van der Waals surface area contributed by atoms with E-state index in [0.29, 0.717) is 25.6 Å². The third kappa shape index (κ3) is 1.15. The Morgan fingerprint density at radius 3 is 2.36 bits per heavy atom. The van der Waals surface area contributed by atoms with Crippen LogP contribution in [0.4, 0.5) is 0 Å². The van der Waals surface area contributed by atoms with E-state index in [-0.39, 0.29) is 5.75 Å². The molecule has 0 aliphatic carbocycles. The van der Waals surface area contributed by atoms with Crippen LogP contribution in [0.25, 0.3) is 0 Å². The van der Waals surface area contributed by atoms with Crippen LogP contribution in [-0.2, 0) is 9.84 Å². The molecular formula is C9H17NO3S. The molecule has 1 N–H and O–H groups in total. The molecule has 2 heterocycles. The molecule has 82 valence electrons. The van der Waals surface area contributed by atoms with Gasteiger partial charge in [0.1, 0.15) is 4.75 Å². The molecule has 0 aromatic heterocycles. The summed E-state index contributed by atoms with van der Waals surface area (Å²) in [6, 6.07) is 0.364. The maximum absolute atomic E-state index is 11.8. The van der Waals surface area contributed by atoms with E-state index in [2.05, 4.69) is 4.90 Å². The second-order valence-corrected chi connectivity index (χ2v) is 7.14. The van der Waals surface area contributed by atoms with Gasteiger partial charge in [-0.1, -0.05) is 0 Å². The van der Waals surface area contributed by atoms with Crippen LogP contribution in [-0.4, -0.2) is 54.2 Å². The molecular weight excluding hydrogens is 202 g/mol. The summed E-state index contributed by atoms with van der Waals surface area (Å²) in [6.45, 7) is 5.10. The number of sulfone groups is 1. The van der Waals surface area contributed by atoms with Gasteiger partial charge < -0.3 is 5.11 Å². The van der Waals surface area contributed by atoms with Gasteiger partial charge in [0, 0.05) is 19.1 Å². The molecule has 0 bridgehead atoms. The summed E-state index contributed by atoms with van der Waals surface area (Å²) in [5.41, 5.74) is 0. The summed E-state index contributed by atoms with van der Waals surface area (Å²) >= 11 is 0. The second kappa shape index (κ2) is 2.93. The zero-order valence-corrected chi connectivity index (χ0v) is 9.42. The second-order valence-electron chi connectivity index (χ2n) is 4.69. The summed E-state index contributed by atoms with van der Waals surface area (Å²) in [7, 11) is -3.06. The molecule has 1 spiro atoms. The SMILES string of the molecule is CC(C)N1CC2(C1)C(O)CCS2(=O)=O.